The number of hydrogen-bond acceptors (Lipinski definition) is 3. The van der Waals surface area contributed by atoms with Crippen LogP contribution in [-0.4, -0.2) is 48.4 Å². The van der Waals surface area contributed by atoms with Gasteiger partial charge in [0.1, 0.15) is 0 Å². The van der Waals surface area contributed by atoms with Crippen molar-refractivity contribution in [1.82, 2.24) is 9.80 Å². The summed E-state index contributed by atoms with van der Waals surface area (Å²) >= 11 is 0. The lowest BCUT2D eigenvalue weighted by molar-refractivity contribution is 0.0696. The van der Waals surface area contributed by atoms with E-state index < -0.39 is 0 Å². The van der Waals surface area contributed by atoms with Crippen molar-refractivity contribution in [2.45, 2.75) is 33.2 Å². The van der Waals surface area contributed by atoms with Crippen LogP contribution in [0.5, 0.6) is 0 Å². The van der Waals surface area contributed by atoms with Gasteiger partial charge in [-0.2, -0.15) is 0 Å². The Labute approximate surface area is 121 Å². The van der Waals surface area contributed by atoms with Crippen molar-refractivity contribution in [3.8, 4) is 0 Å². The molecule has 1 saturated heterocycles. The van der Waals surface area contributed by atoms with Crippen molar-refractivity contribution in [2.75, 3.05) is 32.4 Å². The minimum Gasteiger partial charge on any atom is -0.398 e. The van der Waals surface area contributed by atoms with Crippen LogP contribution < -0.4 is 5.73 Å². The van der Waals surface area contributed by atoms with Crippen molar-refractivity contribution < 1.29 is 4.79 Å². The molecule has 1 aliphatic heterocycles. The second-order valence-electron chi connectivity index (χ2n) is 5.99. The molecule has 0 spiro atoms. The third kappa shape index (κ3) is 2.96. The van der Waals surface area contributed by atoms with Gasteiger partial charge in [0, 0.05) is 30.4 Å². The van der Waals surface area contributed by atoms with E-state index in [0.29, 0.717) is 5.69 Å². The number of amides is 1. The first-order valence-electron chi connectivity index (χ1n) is 7.26. The summed E-state index contributed by atoms with van der Waals surface area (Å²) in [6.07, 6.45) is 1.02. The van der Waals surface area contributed by atoms with Crippen LogP contribution in [0.4, 0.5) is 5.69 Å². The van der Waals surface area contributed by atoms with E-state index in [1.807, 2.05) is 30.9 Å². The highest BCUT2D eigenvalue weighted by molar-refractivity contribution is 5.97. The summed E-state index contributed by atoms with van der Waals surface area (Å²) in [7, 11) is 2.11. The first-order valence-corrected chi connectivity index (χ1v) is 7.26. The Balaban J connectivity index is 2.28. The quantitative estimate of drug-likeness (QED) is 0.798. The summed E-state index contributed by atoms with van der Waals surface area (Å²) in [4.78, 5) is 17.1. The lowest BCUT2D eigenvalue weighted by atomic mass is 10.0. The van der Waals surface area contributed by atoms with Crippen molar-refractivity contribution in [3.05, 3.63) is 28.8 Å². The molecule has 1 atom stereocenters. The highest BCUT2D eigenvalue weighted by Crippen LogP contribution is 2.21. The van der Waals surface area contributed by atoms with Crippen molar-refractivity contribution in [2.24, 2.45) is 0 Å². The summed E-state index contributed by atoms with van der Waals surface area (Å²) in [5, 5.41) is 0. The van der Waals surface area contributed by atoms with Gasteiger partial charge in [0.25, 0.3) is 5.91 Å². The molecule has 1 heterocycles. The first-order chi connectivity index (χ1) is 9.40. The molecular weight excluding hydrogens is 250 g/mol. The van der Waals surface area contributed by atoms with E-state index in [1.54, 1.807) is 0 Å². The third-order valence-corrected chi connectivity index (χ3v) is 4.15. The van der Waals surface area contributed by atoms with Gasteiger partial charge in [-0.3, -0.25) is 4.79 Å². The number of rotatable bonds is 1. The zero-order valence-corrected chi connectivity index (χ0v) is 12.9. The molecule has 0 aromatic heterocycles. The predicted molar refractivity (Wildman–Crippen MR) is 82.9 cm³/mol. The number of aryl methyl sites for hydroxylation is 2. The number of nitrogen functional groups attached to an aromatic ring is 1. The number of likely N-dealkylation sites (N-methyl/N-ethyl adjacent to an activating group) is 1. The van der Waals surface area contributed by atoms with Crippen LogP contribution in [0.25, 0.3) is 0 Å². The third-order valence-electron chi connectivity index (χ3n) is 4.15. The van der Waals surface area contributed by atoms with Gasteiger partial charge in [-0.25, -0.2) is 0 Å². The van der Waals surface area contributed by atoms with Crippen molar-refractivity contribution in [1.29, 1.82) is 0 Å². The van der Waals surface area contributed by atoms with Gasteiger partial charge in [-0.05, 0) is 58.0 Å². The lowest BCUT2D eigenvalue weighted by Crippen LogP contribution is -2.42. The van der Waals surface area contributed by atoms with E-state index in [0.717, 1.165) is 42.7 Å². The second-order valence-corrected chi connectivity index (χ2v) is 5.99. The van der Waals surface area contributed by atoms with Crippen LogP contribution in [0.15, 0.2) is 12.1 Å². The molecular formula is C16H25N3O. The summed E-state index contributed by atoms with van der Waals surface area (Å²) < 4.78 is 0. The molecule has 0 saturated carbocycles. The van der Waals surface area contributed by atoms with Crippen LogP contribution in [-0.2, 0) is 0 Å². The highest BCUT2D eigenvalue weighted by atomic mass is 16.2. The zero-order chi connectivity index (χ0) is 14.9. The van der Waals surface area contributed by atoms with Gasteiger partial charge in [0.15, 0.2) is 0 Å². The summed E-state index contributed by atoms with van der Waals surface area (Å²) in [5.41, 5.74) is 9.44. The van der Waals surface area contributed by atoms with E-state index >= 15 is 0 Å². The summed E-state index contributed by atoms with van der Waals surface area (Å²) in [6.45, 7) is 8.85. The molecule has 1 aliphatic rings. The number of nitrogens with two attached hydrogens (primary N) is 1. The second kappa shape index (κ2) is 5.83. The van der Waals surface area contributed by atoms with E-state index in [9.17, 15) is 4.79 Å². The molecule has 1 unspecified atom stereocenters. The SMILES string of the molecule is Cc1cc(C)c(C(=O)N2CCCN(C)CC2C)cc1N. The Morgan fingerprint density at radius 3 is 2.65 bits per heavy atom. The Hall–Kier alpha value is -1.55. The predicted octanol–water partition coefficient (Wildman–Crippen LogP) is 2.05. The van der Waals surface area contributed by atoms with Crippen LogP contribution in [0.1, 0.15) is 34.8 Å². The Morgan fingerprint density at radius 1 is 1.25 bits per heavy atom. The molecule has 2 N–H and O–H groups in total. The fourth-order valence-electron chi connectivity index (χ4n) is 2.93. The van der Waals surface area contributed by atoms with E-state index in [4.69, 9.17) is 5.73 Å². The van der Waals surface area contributed by atoms with Gasteiger partial charge in [-0.15, -0.1) is 0 Å². The van der Waals surface area contributed by atoms with Gasteiger partial charge < -0.3 is 15.5 Å². The molecule has 0 radical (unpaired) electrons. The van der Waals surface area contributed by atoms with Crippen molar-refractivity contribution >= 4 is 11.6 Å². The first kappa shape index (κ1) is 14.9. The van der Waals surface area contributed by atoms with Crippen LogP contribution in [0.3, 0.4) is 0 Å². The largest absolute Gasteiger partial charge is 0.398 e. The smallest absolute Gasteiger partial charge is 0.254 e. The average molecular weight is 275 g/mol. The van der Waals surface area contributed by atoms with Crippen LogP contribution in [0.2, 0.25) is 0 Å². The molecule has 4 heteroatoms. The number of benzene rings is 1. The maximum atomic E-state index is 12.8. The zero-order valence-electron chi connectivity index (χ0n) is 12.9. The molecule has 1 aromatic rings. The highest BCUT2D eigenvalue weighted by Gasteiger charge is 2.26. The van der Waals surface area contributed by atoms with E-state index in [1.165, 1.54) is 0 Å². The topological polar surface area (TPSA) is 49.6 Å². The fourth-order valence-corrected chi connectivity index (χ4v) is 2.93. The molecule has 0 aliphatic carbocycles. The molecule has 1 fully saturated rings. The molecule has 2 rings (SSSR count). The maximum absolute atomic E-state index is 12.8. The van der Waals surface area contributed by atoms with E-state index in [-0.39, 0.29) is 11.9 Å². The fraction of sp³-hybridized carbons (Fsp3) is 0.562. The normalized spacial score (nSPS) is 20.8. The minimum atomic E-state index is 0.108. The number of hydrogen-bond donors (Lipinski definition) is 1. The van der Waals surface area contributed by atoms with Crippen LogP contribution >= 0.6 is 0 Å². The summed E-state index contributed by atoms with van der Waals surface area (Å²) in [5.74, 6) is 0.108. The van der Waals surface area contributed by atoms with E-state index in [2.05, 4.69) is 18.9 Å². The molecule has 110 valence electrons. The lowest BCUT2D eigenvalue weighted by Gasteiger charge is -2.29. The Kier molecular flexibility index (Phi) is 4.33. The van der Waals surface area contributed by atoms with Gasteiger partial charge in [-0.1, -0.05) is 6.07 Å². The van der Waals surface area contributed by atoms with Gasteiger partial charge in [0.2, 0.25) is 0 Å². The monoisotopic (exact) mass is 275 g/mol. The molecule has 4 nitrogen and oxygen atoms in total. The molecule has 0 bridgehead atoms. The van der Waals surface area contributed by atoms with Gasteiger partial charge in [0.05, 0.1) is 0 Å². The number of carbonyl (C=O) groups excluding carboxylic acids is 1. The average Bonchev–Trinajstić information content (AvgIpc) is 2.54. The minimum absolute atomic E-state index is 0.108. The summed E-state index contributed by atoms with van der Waals surface area (Å²) in [6, 6.07) is 4.06. The number of carbonyl (C=O) groups is 1. The van der Waals surface area contributed by atoms with Crippen LogP contribution in [0, 0.1) is 13.8 Å². The molecule has 20 heavy (non-hydrogen) atoms. The molecule has 1 aromatic carbocycles. The number of anilines is 1. The van der Waals surface area contributed by atoms with Gasteiger partial charge >= 0.3 is 0 Å². The van der Waals surface area contributed by atoms with Crippen molar-refractivity contribution in [3.63, 3.8) is 0 Å². The molecule has 1 amide bonds. The standard InChI is InChI=1S/C16H25N3O/c1-11-8-12(2)15(17)9-14(11)16(20)19-7-5-6-18(4)10-13(19)3/h8-9,13H,5-7,10,17H2,1-4H3. The Bertz CT molecular complexity index is 513. The maximum Gasteiger partial charge on any atom is 0.254 e. The number of nitrogens with zero attached hydrogens (tertiary/aromatic N) is 2. The Morgan fingerprint density at radius 2 is 1.95 bits per heavy atom.